The zero-order chi connectivity index (χ0) is 15.1. The van der Waals surface area contributed by atoms with Gasteiger partial charge < -0.3 is 14.9 Å². The molecular formula is C20H32SiTi-4. The molecule has 124 valence electrons. The van der Waals surface area contributed by atoms with E-state index in [9.17, 15) is 0 Å². The third-order valence-corrected chi connectivity index (χ3v) is 3.18. The van der Waals surface area contributed by atoms with Gasteiger partial charge in [-0.05, 0) is 0 Å². The van der Waals surface area contributed by atoms with Gasteiger partial charge in [-0.1, -0.05) is 52.4 Å². The average Bonchev–Trinajstić information content (AvgIpc) is 3.19. The van der Waals surface area contributed by atoms with Crippen LogP contribution in [-0.4, -0.2) is 7.63 Å². The molecule has 0 atom stereocenters. The summed E-state index contributed by atoms with van der Waals surface area (Å²) in [7, 11) is 2.97. The van der Waals surface area contributed by atoms with Gasteiger partial charge in [-0.3, -0.25) is 12.2 Å². The molecule has 0 aromatic carbocycles. The molecule has 0 unspecified atom stereocenters. The summed E-state index contributed by atoms with van der Waals surface area (Å²) in [5, 5.41) is 0. The summed E-state index contributed by atoms with van der Waals surface area (Å²) in [6, 6.07) is 0. The zero-order valence-corrected chi connectivity index (χ0v) is 17.5. The van der Waals surface area contributed by atoms with Gasteiger partial charge in [-0.25, -0.2) is 23.3 Å². The number of allylic oxidation sites excluding steroid dienone is 8. The molecule has 0 aromatic heterocycles. The van der Waals surface area contributed by atoms with E-state index in [1.807, 2.05) is 0 Å². The van der Waals surface area contributed by atoms with Crippen LogP contribution in [0.15, 0.2) is 35.5 Å². The van der Waals surface area contributed by atoms with Crippen molar-refractivity contribution in [1.82, 2.24) is 0 Å². The van der Waals surface area contributed by atoms with E-state index in [0.29, 0.717) is 0 Å². The predicted octanol–water partition coefficient (Wildman–Crippen LogP) is 6.25. The summed E-state index contributed by atoms with van der Waals surface area (Å²) in [6.45, 7) is 4.45. The summed E-state index contributed by atoms with van der Waals surface area (Å²) in [4.78, 5) is 0. The first-order valence-corrected chi connectivity index (χ1v) is 10.5. The van der Waals surface area contributed by atoms with Crippen molar-refractivity contribution in [2.75, 3.05) is 0 Å². The third-order valence-electron chi connectivity index (χ3n) is 3.18. The number of unbranched alkanes of at least 4 members (excludes halogenated alkanes) is 2. The van der Waals surface area contributed by atoms with Gasteiger partial charge in [0.05, 0.1) is 0 Å². The van der Waals surface area contributed by atoms with Gasteiger partial charge in [-0.2, -0.15) is 12.2 Å². The van der Waals surface area contributed by atoms with E-state index in [2.05, 4.69) is 57.9 Å². The van der Waals surface area contributed by atoms with Crippen LogP contribution in [0.25, 0.3) is 0 Å². The summed E-state index contributed by atoms with van der Waals surface area (Å²) >= 11 is 1.81. The van der Waals surface area contributed by atoms with Crippen molar-refractivity contribution in [3.8, 4) is 0 Å². The first kappa shape index (κ1) is 26.8. The topological polar surface area (TPSA) is 0 Å². The first-order chi connectivity index (χ1) is 9.86. The Kier molecular flexibility index (Phi) is 25.4. The molecule has 0 fully saturated rings. The summed E-state index contributed by atoms with van der Waals surface area (Å²) in [5.41, 5.74) is 2.97. The van der Waals surface area contributed by atoms with E-state index < -0.39 is 0 Å². The monoisotopic (exact) mass is 348 g/mol. The Hall–Kier alpha value is -0.109. The maximum absolute atomic E-state index is 3.16. The fourth-order valence-corrected chi connectivity index (χ4v) is 1.99. The Bertz CT molecular complexity index is 317. The molecule has 22 heavy (non-hydrogen) atoms. The van der Waals surface area contributed by atoms with Crippen molar-refractivity contribution in [2.45, 2.75) is 65.2 Å². The Morgan fingerprint density at radius 1 is 0.864 bits per heavy atom. The molecule has 0 amide bonds. The standard InChI is InChI=1S/2C9H13.2CH3.Si.Ti/c2*1-2-3-6-9-7-4-5-8-9;;;;/h2*7-8H,2-4,6H2,1H3;2*1H3;;/q4*-1;;. The molecule has 0 spiro atoms. The second kappa shape index (κ2) is 20.9. The third kappa shape index (κ3) is 14.8. The van der Waals surface area contributed by atoms with E-state index in [1.54, 1.807) is 19.2 Å². The van der Waals surface area contributed by atoms with Gasteiger partial charge in [-0.15, -0.1) is 12.8 Å². The molecule has 2 aliphatic carbocycles. The van der Waals surface area contributed by atoms with Crippen LogP contribution in [0.2, 0.25) is 0 Å². The second-order valence-corrected chi connectivity index (χ2v) is 4.87. The van der Waals surface area contributed by atoms with E-state index in [-0.39, 0.29) is 14.9 Å². The minimum absolute atomic E-state index is 0. The predicted molar refractivity (Wildman–Crippen MR) is 98.7 cm³/mol. The molecule has 0 aliphatic heterocycles. The number of hydrogen-bond acceptors (Lipinski definition) is 0. The molecule has 2 radical (unpaired) electrons. The minimum atomic E-state index is 0. The van der Waals surface area contributed by atoms with Gasteiger partial charge in [0.2, 0.25) is 0 Å². The molecule has 2 aliphatic rings. The average molecular weight is 348 g/mol. The summed E-state index contributed by atoms with van der Waals surface area (Å²) < 4.78 is 0. The molecule has 2 rings (SSSR count). The van der Waals surface area contributed by atoms with Crippen molar-refractivity contribution >= 4 is 7.63 Å². The van der Waals surface area contributed by atoms with Crippen molar-refractivity contribution in [1.29, 1.82) is 0 Å². The number of hydrogen-bond donors (Lipinski definition) is 0. The van der Waals surface area contributed by atoms with Crippen LogP contribution >= 0.6 is 0 Å². The van der Waals surface area contributed by atoms with Gasteiger partial charge in [0.1, 0.15) is 0 Å². The number of rotatable bonds is 6. The van der Waals surface area contributed by atoms with E-state index in [4.69, 9.17) is 0 Å². The van der Waals surface area contributed by atoms with Crippen LogP contribution in [0.1, 0.15) is 65.2 Å². The Morgan fingerprint density at radius 2 is 1.23 bits per heavy atom. The fourth-order valence-electron chi connectivity index (χ4n) is 1.99. The van der Waals surface area contributed by atoms with Crippen LogP contribution in [0.3, 0.4) is 0 Å². The molecule has 0 heterocycles. The maximum atomic E-state index is 3.16. The molecule has 0 bridgehead atoms. The molecule has 0 aromatic rings. The Balaban J connectivity index is -0.000000273. The van der Waals surface area contributed by atoms with Crippen molar-refractivity contribution in [3.63, 3.8) is 0 Å². The van der Waals surface area contributed by atoms with Crippen LogP contribution in [0.4, 0.5) is 0 Å². The summed E-state index contributed by atoms with van der Waals surface area (Å²) in [5.74, 6) is 0. The molecule has 0 N–H and O–H groups in total. The van der Waals surface area contributed by atoms with Crippen LogP contribution in [0.5, 0.6) is 0 Å². The van der Waals surface area contributed by atoms with Crippen molar-refractivity contribution in [3.05, 3.63) is 62.5 Å². The zero-order valence-electron chi connectivity index (χ0n) is 15.0. The second-order valence-electron chi connectivity index (χ2n) is 4.87. The van der Waals surface area contributed by atoms with Gasteiger partial charge in [0.15, 0.2) is 0 Å². The molecule has 0 nitrogen and oxygen atoms in total. The fraction of sp³-hybridized carbons (Fsp3) is 0.500. The Morgan fingerprint density at radius 3 is 1.45 bits per heavy atom. The van der Waals surface area contributed by atoms with Crippen LogP contribution in [-0.2, 0) is 19.2 Å². The van der Waals surface area contributed by atoms with Gasteiger partial charge in [0, 0.05) is 0 Å². The first-order valence-electron chi connectivity index (χ1n) is 7.63. The molecule has 2 heteroatoms. The van der Waals surface area contributed by atoms with E-state index in [0.717, 1.165) is 12.8 Å². The van der Waals surface area contributed by atoms with Crippen LogP contribution in [0, 0.1) is 27.0 Å². The van der Waals surface area contributed by atoms with Gasteiger partial charge in [0.25, 0.3) is 0 Å². The van der Waals surface area contributed by atoms with Crippen molar-refractivity contribution < 1.29 is 19.2 Å². The molecule has 0 saturated carbocycles. The van der Waals surface area contributed by atoms with Crippen molar-refractivity contribution in [2.24, 2.45) is 0 Å². The SMILES string of the molecule is CCCCC1=CC[C-]=C1.CCCCC1=CC[C-]=C1.[CH3-].[CH3-].[Si]=[Ti]. The van der Waals surface area contributed by atoms with E-state index >= 15 is 0 Å². The van der Waals surface area contributed by atoms with E-state index in [1.165, 1.54) is 49.7 Å². The van der Waals surface area contributed by atoms with Crippen LogP contribution < -0.4 is 0 Å². The summed E-state index contributed by atoms with van der Waals surface area (Å²) in [6.07, 6.45) is 24.9. The van der Waals surface area contributed by atoms with Gasteiger partial charge >= 0.3 is 26.8 Å². The molecule has 0 saturated heterocycles. The normalized spacial score (nSPS) is 13.5. The Labute approximate surface area is 154 Å². The quantitative estimate of drug-likeness (QED) is 0.393. The molecular weight excluding hydrogens is 316 g/mol.